The Morgan fingerprint density at radius 3 is 2.10 bits per heavy atom. The summed E-state index contributed by atoms with van der Waals surface area (Å²) in [6, 6.07) is 15.1. The van der Waals surface area contributed by atoms with Crippen molar-refractivity contribution < 1.29 is 9.53 Å². The Kier molecular flexibility index (Phi) is 4.69. The van der Waals surface area contributed by atoms with Gasteiger partial charge in [0.1, 0.15) is 5.75 Å². The largest absolute Gasteiger partial charge is 0.497 e. The van der Waals surface area contributed by atoms with Crippen LogP contribution in [-0.4, -0.2) is 26.3 Å². The summed E-state index contributed by atoms with van der Waals surface area (Å²) in [6.45, 7) is 0. The SMILES string of the molecule is COc1ccc(SC(=O)c2ccc(N(C)C)cc2)cc1. The van der Waals surface area contributed by atoms with Crippen LogP contribution in [0.25, 0.3) is 0 Å². The van der Waals surface area contributed by atoms with Gasteiger partial charge in [-0.05, 0) is 60.3 Å². The normalized spacial score (nSPS) is 10.2. The third kappa shape index (κ3) is 3.54. The highest BCUT2D eigenvalue weighted by Crippen LogP contribution is 2.25. The number of hydrogen-bond donors (Lipinski definition) is 0. The molecule has 2 aromatic carbocycles. The molecule has 0 spiro atoms. The average molecular weight is 287 g/mol. The van der Waals surface area contributed by atoms with Crippen molar-refractivity contribution in [2.75, 3.05) is 26.1 Å². The van der Waals surface area contributed by atoms with E-state index >= 15 is 0 Å². The van der Waals surface area contributed by atoms with Crippen LogP contribution in [0.2, 0.25) is 0 Å². The molecule has 0 aliphatic heterocycles. The first-order chi connectivity index (χ1) is 9.60. The molecule has 0 heterocycles. The lowest BCUT2D eigenvalue weighted by Gasteiger charge is -2.12. The molecule has 0 bridgehead atoms. The maximum Gasteiger partial charge on any atom is 0.224 e. The van der Waals surface area contributed by atoms with E-state index in [-0.39, 0.29) is 5.12 Å². The van der Waals surface area contributed by atoms with Crippen LogP contribution in [0, 0.1) is 0 Å². The zero-order valence-electron chi connectivity index (χ0n) is 11.8. The number of hydrogen-bond acceptors (Lipinski definition) is 4. The first-order valence-corrected chi connectivity index (χ1v) is 7.05. The molecule has 0 aliphatic rings. The molecule has 0 amide bonds. The predicted octanol–water partition coefficient (Wildman–Crippen LogP) is 3.69. The van der Waals surface area contributed by atoms with Crippen molar-refractivity contribution in [2.24, 2.45) is 0 Å². The van der Waals surface area contributed by atoms with Gasteiger partial charge in [-0.3, -0.25) is 4.79 Å². The molecule has 4 heteroatoms. The maximum atomic E-state index is 12.2. The number of methoxy groups -OCH3 is 1. The Morgan fingerprint density at radius 2 is 1.60 bits per heavy atom. The molecule has 0 fully saturated rings. The van der Waals surface area contributed by atoms with E-state index in [9.17, 15) is 4.79 Å². The number of carbonyl (C=O) groups excluding carboxylic acids is 1. The number of anilines is 1. The van der Waals surface area contributed by atoms with Crippen LogP contribution < -0.4 is 9.64 Å². The van der Waals surface area contributed by atoms with Gasteiger partial charge in [-0.25, -0.2) is 0 Å². The molecule has 0 saturated heterocycles. The minimum atomic E-state index is 0.0421. The maximum absolute atomic E-state index is 12.2. The fourth-order valence-corrected chi connectivity index (χ4v) is 2.45. The van der Waals surface area contributed by atoms with Crippen molar-refractivity contribution >= 4 is 22.6 Å². The van der Waals surface area contributed by atoms with E-state index in [1.807, 2.05) is 67.5 Å². The van der Waals surface area contributed by atoms with E-state index in [4.69, 9.17) is 4.74 Å². The smallest absolute Gasteiger partial charge is 0.224 e. The summed E-state index contributed by atoms with van der Waals surface area (Å²) in [5, 5.41) is 0.0421. The molecule has 3 nitrogen and oxygen atoms in total. The van der Waals surface area contributed by atoms with Crippen LogP contribution in [0.3, 0.4) is 0 Å². The summed E-state index contributed by atoms with van der Waals surface area (Å²) in [7, 11) is 5.57. The van der Waals surface area contributed by atoms with Gasteiger partial charge >= 0.3 is 0 Å². The Balaban J connectivity index is 2.07. The fourth-order valence-electron chi connectivity index (χ4n) is 1.71. The number of rotatable bonds is 4. The lowest BCUT2D eigenvalue weighted by Crippen LogP contribution is -2.08. The van der Waals surface area contributed by atoms with E-state index in [0.717, 1.165) is 16.3 Å². The van der Waals surface area contributed by atoms with E-state index in [1.165, 1.54) is 11.8 Å². The van der Waals surface area contributed by atoms with Gasteiger partial charge in [0.25, 0.3) is 0 Å². The summed E-state index contributed by atoms with van der Waals surface area (Å²) in [4.78, 5) is 15.1. The first kappa shape index (κ1) is 14.5. The zero-order chi connectivity index (χ0) is 14.5. The van der Waals surface area contributed by atoms with E-state index in [1.54, 1.807) is 7.11 Å². The van der Waals surface area contributed by atoms with Gasteiger partial charge in [-0.2, -0.15) is 0 Å². The van der Waals surface area contributed by atoms with Gasteiger partial charge in [-0.15, -0.1) is 0 Å². The molecule has 0 unspecified atom stereocenters. The number of thioether (sulfide) groups is 1. The predicted molar refractivity (Wildman–Crippen MR) is 84.0 cm³/mol. The minimum Gasteiger partial charge on any atom is -0.497 e. The molecule has 0 aliphatic carbocycles. The van der Waals surface area contributed by atoms with Crippen molar-refractivity contribution in [3.63, 3.8) is 0 Å². The van der Waals surface area contributed by atoms with Crippen molar-refractivity contribution in [3.8, 4) is 5.75 Å². The zero-order valence-corrected chi connectivity index (χ0v) is 12.6. The molecule has 0 atom stereocenters. The van der Waals surface area contributed by atoms with Crippen molar-refractivity contribution in [1.29, 1.82) is 0 Å². The number of nitrogens with zero attached hydrogens (tertiary/aromatic N) is 1. The first-order valence-electron chi connectivity index (χ1n) is 6.24. The Labute approximate surface area is 123 Å². The highest BCUT2D eigenvalue weighted by atomic mass is 32.2. The standard InChI is InChI=1S/C16H17NO2S/c1-17(2)13-6-4-12(5-7-13)16(18)20-15-10-8-14(19-3)9-11-15/h4-11H,1-3H3. The Bertz CT molecular complexity index is 576. The van der Waals surface area contributed by atoms with Gasteiger partial charge in [0.2, 0.25) is 5.12 Å². The van der Waals surface area contributed by atoms with Crippen molar-refractivity contribution in [2.45, 2.75) is 4.90 Å². The summed E-state index contributed by atoms with van der Waals surface area (Å²) in [6.07, 6.45) is 0. The van der Waals surface area contributed by atoms with Crippen LogP contribution in [0.4, 0.5) is 5.69 Å². The number of benzene rings is 2. The fraction of sp³-hybridized carbons (Fsp3) is 0.188. The molecular weight excluding hydrogens is 270 g/mol. The summed E-state index contributed by atoms with van der Waals surface area (Å²) < 4.78 is 5.10. The summed E-state index contributed by atoms with van der Waals surface area (Å²) in [5.74, 6) is 0.789. The second-order valence-corrected chi connectivity index (χ2v) is 5.55. The molecule has 0 saturated carbocycles. The van der Waals surface area contributed by atoms with E-state index in [2.05, 4.69) is 0 Å². The molecule has 2 rings (SSSR count). The van der Waals surface area contributed by atoms with Gasteiger partial charge in [-0.1, -0.05) is 0 Å². The average Bonchev–Trinajstić information content (AvgIpc) is 2.48. The molecular formula is C16H17NO2S. The monoisotopic (exact) mass is 287 g/mol. The molecule has 0 N–H and O–H groups in total. The van der Waals surface area contributed by atoms with Crippen LogP contribution in [0.5, 0.6) is 5.75 Å². The third-order valence-corrected chi connectivity index (χ3v) is 3.82. The van der Waals surface area contributed by atoms with Gasteiger partial charge < -0.3 is 9.64 Å². The quantitative estimate of drug-likeness (QED) is 0.802. The Hall–Kier alpha value is -1.94. The van der Waals surface area contributed by atoms with Crippen LogP contribution >= 0.6 is 11.8 Å². The number of carbonyl (C=O) groups is 1. The second kappa shape index (κ2) is 6.48. The third-order valence-electron chi connectivity index (χ3n) is 2.89. The van der Waals surface area contributed by atoms with Crippen molar-refractivity contribution in [1.82, 2.24) is 0 Å². The Morgan fingerprint density at radius 1 is 1.00 bits per heavy atom. The summed E-state index contributed by atoms with van der Waals surface area (Å²) in [5.41, 5.74) is 1.78. The molecule has 104 valence electrons. The second-order valence-electron chi connectivity index (χ2n) is 4.51. The van der Waals surface area contributed by atoms with Crippen molar-refractivity contribution in [3.05, 3.63) is 54.1 Å². The lowest BCUT2D eigenvalue weighted by atomic mass is 10.2. The van der Waals surface area contributed by atoms with E-state index < -0.39 is 0 Å². The number of ether oxygens (including phenoxy) is 1. The molecule has 20 heavy (non-hydrogen) atoms. The molecule has 0 aromatic heterocycles. The van der Waals surface area contributed by atoms with Gasteiger partial charge in [0.15, 0.2) is 0 Å². The van der Waals surface area contributed by atoms with Crippen LogP contribution in [0.15, 0.2) is 53.4 Å². The lowest BCUT2D eigenvalue weighted by molar-refractivity contribution is 0.108. The molecule has 0 radical (unpaired) electrons. The highest BCUT2D eigenvalue weighted by Gasteiger charge is 2.08. The highest BCUT2D eigenvalue weighted by molar-refractivity contribution is 8.14. The van der Waals surface area contributed by atoms with Crippen LogP contribution in [0.1, 0.15) is 10.4 Å². The summed E-state index contributed by atoms with van der Waals surface area (Å²) >= 11 is 1.22. The topological polar surface area (TPSA) is 29.5 Å². The van der Waals surface area contributed by atoms with Crippen LogP contribution in [-0.2, 0) is 0 Å². The van der Waals surface area contributed by atoms with Gasteiger partial charge in [0.05, 0.1) is 7.11 Å². The van der Waals surface area contributed by atoms with E-state index in [0.29, 0.717) is 5.56 Å². The molecule has 2 aromatic rings. The van der Waals surface area contributed by atoms with Gasteiger partial charge in [0, 0.05) is 30.2 Å². The minimum absolute atomic E-state index is 0.0421.